The van der Waals surface area contributed by atoms with E-state index >= 15 is 0 Å². The Morgan fingerprint density at radius 3 is 2.78 bits per heavy atom. The van der Waals surface area contributed by atoms with Crippen molar-refractivity contribution in [2.75, 3.05) is 12.4 Å². The van der Waals surface area contributed by atoms with Gasteiger partial charge in [0, 0.05) is 12.1 Å². The van der Waals surface area contributed by atoms with Gasteiger partial charge in [-0.1, -0.05) is 53.7 Å². The zero-order valence-electron chi connectivity index (χ0n) is 14.6. The van der Waals surface area contributed by atoms with Crippen molar-refractivity contribution in [1.82, 2.24) is 5.32 Å². The van der Waals surface area contributed by atoms with Crippen molar-refractivity contribution in [1.29, 1.82) is 0 Å². The number of ether oxygens (including phenoxy) is 1. The molecule has 3 rings (SSSR count). The maximum Gasteiger partial charge on any atom is 0.240 e. The maximum absolute atomic E-state index is 12.2. The van der Waals surface area contributed by atoms with Crippen molar-refractivity contribution in [2.45, 2.75) is 18.2 Å². The fourth-order valence-electron chi connectivity index (χ4n) is 2.49. The van der Waals surface area contributed by atoms with Gasteiger partial charge in [0.15, 0.2) is 5.17 Å². The van der Waals surface area contributed by atoms with Crippen molar-refractivity contribution in [3.63, 3.8) is 0 Å². The molecule has 6 nitrogen and oxygen atoms in total. The second-order valence-corrected chi connectivity index (χ2v) is 7.40. The SMILES string of the molecule is COc1ccc(NC(=O)CC2SC(=NCc3ccccc3)NC2=O)cc1Cl. The van der Waals surface area contributed by atoms with Gasteiger partial charge in [-0.2, -0.15) is 0 Å². The first-order chi connectivity index (χ1) is 13.0. The van der Waals surface area contributed by atoms with Crippen molar-refractivity contribution in [3.05, 3.63) is 59.1 Å². The van der Waals surface area contributed by atoms with Gasteiger partial charge in [-0.15, -0.1) is 0 Å². The molecule has 1 aliphatic heterocycles. The van der Waals surface area contributed by atoms with E-state index in [4.69, 9.17) is 16.3 Å². The number of amidine groups is 1. The molecule has 27 heavy (non-hydrogen) atoms. The van der Waals surface area contributed by atoms with Crippen molar-refractivity contribution in [2.24, 2.45) is 4.99 Å². The van der Waals surface area contributed by atoms with Crippen LogP contribution < -0.4 is 15.4 Å². The van der Waals surface area contributed by atoms with Gasteiger partial charge >= 0.3 is 0 Å². The van der Waals surface area contributed by atoms with Gasteiger partial charge < -0.3 is 15.4 Å². The molecule has 1 unspecified atom stereocenters. The molecule has 1 heterocycles. The highest BCUT2D eigenvalue weighted by molar-refractivity contribution is 8.15. The highest BCUT2D eigenvalue weighted by atomic mass is 35.5. The number of benzene rings is 2. The summed E-state index contributed by atoms with van der Waals surface area (Å²) in [7, 11) is 1.52. The topological polar surface area (TPSA) is 79.8 Å². The van der Waals surface area contributed by atoms with Crippen LogP contribution in [0.4, 0.5) is 5.69 Å². The molecule has 1 atom stereocenters. The summed E-state index contributed by atoms with van der Waals surface area (Å²) in [6.07, 6.45) is 0.0461. The highest BCUT2D eigenvalue weighted by Gasteiger charge is 2.32. The van der Waals surface area contributed by atoms with Gasteiger partial charge in [-0.3, -0.25) is 14.6 Å². The lowest BCUT2D eigenvalue weighted by Crippen LogP contribution is -2.28. The van der Waals surface area contributed by atoms with Crippen molar-refractivity contribution < 1.29 is 14.3 Å². The summed E-state index contributed by atoms with van der Waals surface area (Å²) < 4.78 is 5.08. The lowest BCUT2D eigenvalue weighted by atomic mass is 10.2. The number of aliphatic imine (C=N–C) groups is 1. The number of hydrogen-bond donors (Lipinski definition) is 2. The minimum absolute atomic E-state index is 0.0461. The summed E-state index contributed by atoms with van der Waals surface area (Å²) in [4.78, 5) is 28.7. The van der Waals surface area contributed by atoms with Crippen LogP contribution >= 0.6 is 23.4 Å². The molecule has 0 aromatic heterocycles. The van der Waals surface area contributed by atoms with Gasteiger partial charge in [0.2, 0.25) is 11.8 Å². The Morgan fingerprint density at radius 2 is 2.07 bits per heavy atom. The number of methoxy groups -OCH3 is 1. The molecule has 2 amide bonds. The second kappa shape index (κ2) is 8.92. The molecular formula is C19H18ClN3O3S. The fraction of sp³-hybridized carbons (Fsp3) is 0.211. The minimum Gasteiger partial charge on any atom is -0.495 e. The predicted octanol–water partition coefficient (Wildman–Crippen LogP) is 3.47. The fourth-order valence-corrected chi connectivity index (χ4v) is 3.71. The summed E-state index contributed by atoms with van der Waals surface area (Å²) in [6.45, 7) is 0.479. The van der Waals surface area contributed by atoms with Crippen LogP contribution in [0.2, 0.25) is 5.02 Å². The van der Waals surface area contributed by atoms with E-state index in [1.165, 1.54) is 18.9 Å². The van der Waals surface area contributed by atoms with Crippen LogP contribution in [-0.2, 0) is 16.1 Å². The zero-order chi connectivity index (χ0) is 19.2. The molecule has 2 aromatic rings. The third-order valence-electron chi connectivity index (χ3n) is 3.83. The van der Waals surface area contributed by atoms with Gasteiger partial charge in [0.25, 0.3) is 0 Å². The lowest BCUT2D eigenvalue weighted by Gasteiger charge is -2.09. The number of anilines is 1. The van der Waals surface area contributed by atoms with E-state index in [1.54, 1.807) is 18.2 Å². The van der Waals surface area contributed by atoms with E-state index in [2.05, 4.69) is 15.6 Å². The average molecular weight is 404 g/mol. The Morgan fingerprint density at radius 1 is 1.30 bits per heavy atom. The van der Waals surface area contributed by atoms with Crippen molar-refractivity contribution >= 4 is 46.0 Å². The molecule has 1 saturated heterocycles. The molecule has 1 fully saturated rings. The Hall–Kier alpha value is -2.51. The summed E-state index contributed by atoms with van der Waals surface area (Å²) in [5, 5.41) is 5.90. The van der Waals surface area contributed by atoms with E-state index in [0.717, 1.165) is 5.56 Å². The van der Waals surface area contributed by atoms with Gasteiger partial charge in [0.1, 0.15) is 11.0 Å². The largest absolute Gasteiger partial charge is 0.495 e. The number of thioether (sulfide) groups is 1. The predicted molar refractivity (Wildman–Crippen MR) is 108 cm³/mol. The number of carbonyl (C=O) groups excluding carboxylic acids is 2. The van der Waals surface area contributed by atoms with Crippen molar-refractivity contribution in [3.8, 4) is 5.75 Å². The molecule has 140 valence electrons. The molecular weight excluding hydrogens is 386 g/mol. The van der Waals surface area contributed by atoms with E-state index < -0.39 is 5.25 Å². The Balaban J connectivity index is 1.55. The monoisotopic (exact) mass is 403 g/mol. The Bertz CT molecular complexity index is 874. The van der Waals surface area contributed by atoms with E-state index in [9.17, 15) is 9.59 Å². The zero-order valence-corrected chi connectivity index (χ0v) is 16.1. The molecule has 1 aliphatic rings. The molecule has 8 heteroatoms. The number of halogens is 1. The number of hydrogen-bond acceptors (Lipinski definition) is 5. The second-order valence-electron chi connectivity index (χ2n) is 5.80. The summed E-state index contributed by atoms with van der Waals surface area (Å²) >= 11 is 7.32. The normalized spacial score (nSPS) is 17.6. The highest BCUT2D eigenvalue weighted by Crippen LogP contribution is 2.28. The van der Waals surface area contributed by atoms with Gasteiger partial charge in [0.05, 0.1) is 18.7 Å². The third-order valence-corrected chi connectivity index (χ3v) is 5.25. The first-order valence-corrected chi connectivity index (χ1v) is 9.50. The third kappa shape index (κ3) is 5.24. The summed E-state index contributed by atoms with van der Waals surface area (Å²) in [6, 6.07) is 14.7. The first kappa shape index (κ1) is 19.3. The summed E-state index contributed by atoms with van der Waals surface area (Å²) in [5.41, 5.74) is 1.60. The van der Waals surface area contributed by atoms with E-state index in [-0.39, 0.29) is 18.2 Å². The Labute approximate surface area is 166 Å². The standard InChI is InChI=1S/C19H18ClN3O3S/c1-26-15-8-7-13(9-14(15)20)22-17(24)10-16-18(25)23-19(27-16)21-11-12-5-3-2-4-6-12/h2-9,16H,10-11H2,1H3,(H,22,24)(H,21,23,25). The molecule has 0 saturated carbocycles. The number of amides is 2. The van der Waals surface area contributed by atoms with E-state index in [1.807, 2.05) is 30.3 Å². The molecule has 0 aliphatic carbocycles. The number of carbonyl (C=O) groups is 2. The average Bonchev–Trinajstić information content (AvgIpc) is 3.00. The molecule has 0 radical (unpaired) electrons. The quantitative estimate of drug-likeness (QED) is 0.774. The van der Waals surface area contributed by atoms with Gasteiger partial charge in [-0.05, 0) is 23.8 Å². The lowest BCUT2D eigenvalue weighted by molar-refractivity contribution is -0.122. The van der Waals surface area contributed by atoms with Crippen LogP contribution in [0.5, 0.6) is 5.75 Å². The number of nitrogens with one attached hydrogen (secondary N) is 2. The molecule has 2 aromatic carbocycles. The molecule has 0 bridgehead atoms. The Kier molecular flexibility index (Phi) is 6.36. The van der Waals surface area contributed by atoms with Crippen LogP contribution in [-0.4, -0.2) is 29.3 Å². The maximum atomic E-state index is 12.2. The van der Waals surface area contributed by atoms with Crippen LogP contribution in [0.1, 0.15) is 12.0 Å². The van der Waals surface area contributed by atoms with Crippen LogP contribution in [0.15, 0.2) is 53.5 Å². The number of rotatable bonds is 6. The van der Waals surface area contributed by atoms with Crippen LogP contribution in [0.25, 0.3) is 0 Å². The molecule has 2 N–H and O–H groups in total. The van der Waals surface area contributed by atoms with E-state index in [0.29, 0.717) is 28.2 Å². The van der Waals surface area contributed by atoms with Gasteiger partial charge in [-0.25, -0.2) is 0 Å². The minimum atomic E-state index is -0.506. The molecule has 0 spiro atoms. The summed E-state index contributed by atoms with van der Waals surface area (Å²) in [5.74, 6) is 0.0441. The first-order valence-electron chi connectivity index (χ1n) is 8.24. The van der Waals surface area contributed by atoms with Crippen LogP contribution in [0.3, 0.4) is 0 Å². The smallest absolute Gasteiger partial charge is 0.240 e. The number of nitrogens with zero attached hydrogens (tertiary/aromatic N) is 1. The van der Waals surface area contributed by atoms with Crippen LogP contribution in [0, 0.1) is 0 Å².